The Morgan fingerprint density at radius 2 is 2.08 bits per heavy atom. The fourth-order valence-electron chi connectivity index (χ4n) is 2.32. The molecule has 0 aliphatic rings. The van der Waals surface area contributed by atoms with E-state index in [1.54, 1.807) is 17.6 Å². The van der Waals surface area contributed by atoms with Crippen LogP contribution in [0.3, 0.4) is 0 Å². The van der Waals surface area contributed by atoms with Crippen LogP contribution in [0.5, 0.6) is 11.5 Å². The van der Waals surface area contributed by atoms with Crippen LogP contribution in [0.4, 0.5) is 0 Å². The van der Waals surface area contributed by atoms with E-state index < -0.39 is 17.9 Å². The van der Waals surface area contributed by atoms with Gasteiger partial charge in [-0.3, -0.25) is 4.79 Å². The second-order valence-corrected chi connectivity index (χ2v) is 6.85. The van der Waals surface area contributed by atoms with Crippen LogP contribution in [-0.2, 0) is 11.4 Å². The topological polar surface area (TPSA) is 97.8 Å². The normalized spacial score (nSPS) is 11.8. The number of ether oxygens (including phenoxy) is 2. The molecule has 0 aliphatic carbocycles. The van der Waals surface area contributed by atoms with Crippen LogP contribution in [0.2, 0.25) is 0 Å². The average molecular weight is 378 g/mol. The van der Waals surface area contributed by atoms with Gasteiger partial charge in [0, 0.05) is 10.9 Å². The molecule has 1 amide bonds. The number of thiazole rings is 1. The highest BCUT2D eigenvalue weighted by Crippen LogP contribution is 2.29. The number of aliphatic carboxylic acids is 1. The summed E-state index contributed by atoms with van der Waals surface area (Å²) >= 11 is 1.48. The van der Waals surface area contributed by atoms with Gasteiger partial charge in [-0.1, -0.05) is 13.8 Å². The number of carboxylic acids is 1. The quantitative estimate of drug-likeness (QED) is 0.696. The molecular weight excluding hydrogens is 356 g/mol. The van der Waals surface area contributed by atoms with Gasteiger partial charge in [-0.2, -0.15) is 0 Å². The Morgan fingerprint density at radius 1 is 1.31 bits per heavy atom. The van der Waals surface area contributed by atoms with E-state index in [1.165, 1.54) is 24.5 Å². The lowest BCUT2D eigenvalue weighted by atomic mass is 10.0. The van der Waals surface area contributed by atoms with Crippen LogP contribution in [0.1, 0.15) is 36.3 Å². The summed E-state index contributed by atoms with van der Waals surface area (Å²) in [4.78, 5) is 27.8. The maximum atomic E-state index is 12.4. The molecule has 1 heterocycles. The second-order valence-electron chi connectivity index (χ2n) is 6.13. The van der Waals surface area contributed by atoms with Crippen molar-refractivity contribution in [3.63, 3.8) is 0 Å². The van der Waals surface area contributed by atoms with Gasteiger partial charge in [0.25, 0.3) is 5.91 Å². The Morgan fingerprint density at radius 3 is 2.65 bits per heavy atom. The molecule has 0 saturated carbocycles. The smallest absolute Gasteiger partial charge is 0.326 e. The summed E-state index contributed by atoms with van der Waals surface area (Å²) < 4.78 is 11.0. The molecule has 1 unspecified atom stereocenters. The Hall–Kier alpha value is -2.61. The monoisotopic (exact) mass is 378 g/mol. The highest BCUT2D eigenvalue weighted by Gasteiger charge is 2.22. The molecule has 2 N–H and O–H groups in total. The molecule has 0 bridgehead atoms. The van der Waals surface area contributed by atoms with Crippen LogP contribution in [-0.4, -0.2) is 35.1 Å². The second kappa shape index (κ2) is 9.19. The predicted molar refractivity (Wildman–Crippen MR) is 97.8 cm³/mol. The number of rotatable bonds is 9. The summed E-state index contributed by atoms with van der Waals surface area (Å²) in [6.07, 6.45) is 0.354. The van der Waals surface area contributed by atoms with Crippen LogP contribution >= 0.6 is 11.3 Å². The highest BCUT2D eigenvalue weighted by atomic mass is 32.1. The van der Waals surface area contributed by atoms with Gasteiger partial charge >= 0.3 is 5.97 Å². The summed E-state index contributed by atoms with van der Waals surface area (Å²) in [6, 6.07) is 3.79. The number of nitrogens with one attached hydrogen (secondary N) is 1. The molecule has 2 rings (SSSR count). The predicted octanol–water partition coefficient (Wildman–Crippen LogP) is 2.96. The van der Waals surface area contributed by atoms with Gasteiger partial charge in [-0.25, -0.2) is 9.78 Å². The zero-order valence-corrected chi connectivity index (χ0v) is 15.7. The first-order chi connectivity index (χ1) is 12.4. The molecule has 1 aromatic carbocycles. The van der Waals surface area contributed by atoms with Crippen molar-refractivity contribution in [3.05, 3.63) is 40.3 Å². The van der Waals surface area contributed by atoms with E-state index in [9.17, 15) is 14.7 Å². The standard InChI is InChI=1S/C18H22N2O5S/c1-11(2)6-14(18(22)23)20-17(21)12-4-5-15(16(7-12)24-3)25-8-13-9-26-10-19-13/h4-5,7,9-11,14H,6,8H2,1-3H3,(H,20,21)(H,22,23). The number of hydrogen-bond acceptors (Lipinski definition) is 6. The number of carbonyl (C=O) groups is 2. The van der Waals surface area contributed by atoms with Crippen molar-refractivity contribution in [1.29, 1.82) is 0 Å². The van der Waals surface area contributed by atoms with E-state index in [4.69, 9.17) is 9.47 Å². The zero-order chi connectivity index (χ0) is 19.1. The van der Waals surface area contributed by atoms with Crippen molar-refractivity contribution in [2.24, 2.45) is 5.92 Å². The largest absolute Gasteiger partial charge is 0.493 e. The Kier molecular flexibility index (Phi) is 6.97. The fraction of sp³-hybridized carbons (Fsp3) is 0.389. The molecule has 1 aromatic heterocycles. The summed E-state index contributed by atoms with van der Waals surface area (Å²) in [7, 11) is 1.48. The molecule has 0 radical (unpaired) electrons. The minimum atomic E-state index is -1.05. The lowest BCUT2D eigenvalue weighted by Crippen LogP contribution is -2.41. The van der Waals surface area contributed by atoms with Crippen LogP contribution in [0.15, 0.2) is 29.1 Å². The van der Waals surface area contributed by atoms with Gasteiger partial charge in [0.15, 0.2) is 11.5 Å². The van der Waals surface area contributed by atoms with Crippen molar-refractivity contribution < 1.29 is 24.2 Å². The molecule has 8 heteroatoms. The molecule has 140 valence electrons. The van der Waals surface area contributed by atoms with E-state index in [2.05, 4.69) is 10.3 Å². The molecule has 26 heavy (non-hydrogen) atoms. The third-order valence-corrected chi connectivity index (χ3v) is 4.23. The van der Waals surface area contributed by atoms with E-state index in [-0.39, 0.29) is 5.92 Å². The third-order valence-electron chi connectivity index (χ3n) is 3.60. The summed E-state index contributed by atoms with van der Waals surface area (Å²) in [5.41, 5.74) is 2.83. The Labute approximate surface area is 156 Å². The van der Waals surface area contributed by atoms with Crippen LogP contribution < -0.4 is 14.8 Å². The molecule has 0 saturated heterocycles. The van der Waals surface area contributed by atoms with E-state index in [0.717, 1.165) is 5.69 Å². The van der Waals surface area contributed by atoms with Crippen LogP contribution in [0.25, 0.3) is 0 Å². The first-order valence-corrected chi connectivity index (χ1v) is 9.06. The van der Waals surface area contributed by atoms with Crippen LogP contribution in [0, 0.1) is 5.92 Å². The number of hydrogen-bond donors (Lipinski definition) is 2. The molecule has 0 fully saturated rings. The highest BCUT2D eigenvalue weighted by molar-refractivity contribution is 7.07. The minimum absolute atomic E-state index is 0.146. The molecule has 0 spiro atoms. The van der Waals surface area contributed by atoms with Gasteiger partial charge < -0.3 is 19.9 Å². The number of methoxy groups -OCH3 is 1. The SMILES string of the molecule is COc1cc(C(=O)NC(CC(C)C)C(=O)O)ccc1OCc1cscn1. The molecule has 2 aromatic rings. The zero-order valence-electron chi connectivity index (χ0n) is 14.9. The van der Waals surface area contributed by atoms with Crippen molar-refractivity contribution in [2.45, 2.75) is 32.9 Å². The Balaban J connectivity index is 2.09. The first kappa shape index (κ1) is 19.7. The average Bonchev–Trinajstić information content (AvgIpc) is 3.12. The van der Waals surface area contributed by atoms with Gasteiger partial charge in [0.1, 0.15) is 12.6 Å². The minimum Gasteiger partial charge on any atom is -0.493 e. The Bertz CT molecular complexity index is 746. The fourth-order valence-corrected chi connectivity index (χ4v) is 2.87. The number of carbonyl (C=O) groups excluding carboxylic acids is 1. The molecular formula is C18H22N2O5S. The van der Waals surface area contributed by atoms with Gasteiger partial charge in [-0.05, 0) is 30.5 Å². The summed E-state index contributed by atoms with van der Waals surface area (Å²) in [5, 5.41) is 13.7. The third kappa shape index (κ3) is 5.45. The number of amides is 1. The van der Waals surface area contributed by atoms with Crippen molar-refractivity contribution in [2.75, 3.05) is 7.11 Å². The maximum Gasteiger partial charge on any atom is 0.326 e. The first-order valence-electron chi connectivity index (χ1n) is 8.12. The number of aromatic nitrogens is 1. The van der Waals surface area contributed by atoms with Crippen molar-refractivity contribution in [3.8, 4) is 11.5 Å². The van der Waals surface area contributed by atoms with Gasteiger partial charge in [-0.15, -0.1) is 11.3 Å². The van der Waals surface area contributed by atoms with E-state index in [1.807, 2.05) is 19.2 Å². The maximum absolute atomic E-state index is 12.4. The number of nitrogens with zero attached hydrogens (tertiary/aromatic N) is 1. The lowest BCUT2D eigenvalue weighted by Gasteiger charge is -2.17. The molecule has 0 aliphatic heterocycles. The molecule has 7 nitrogen and oxygen atoms in total. The van der Waals surface area contributed by atoms with E-state index in [0.29, 0.717) is 30.1 Å². The molecule has 1 atom stereocenters. The van der Waals surface area contributed by atoms with Crippen molar-refractivity contribution in [1.82, 2.24) is 10.3 Å². The number of carboxylic acid groups (broad SMARTS) is 1. The van der Waals surface area contributed by atoms with Gasteiger partial charge in [0.05, 0.1) is 18.3 Å². The van der Waals surface area contributed by atoms with Crippen molar-refractivity contribution >= 4 is 23.2 Å². The summed E-state index contributed by atoms with van der Waals surface area (Å²) in [5.74, 6) is -0.505. The van der Waals surface area contributed by atoms with Gasteiger partial charge in [0.2, 0.25) is 0 Å². The lowest BCUT2D eigenvalue weighted by molar-refractivity contribution is -0.139. The number of benzene rings is 1. The summed E-state index contributed by atoms with van der Waals surface area (Å²) in [6.45, 7) is 4.10. The van der Waals surface area contributed by atoms with E-state index >= 15 is 0 Å².